The smallest absolute Gasteiger partial charge is 0.0801 e. The van der Waals surface area contributed by atoms with Crippen LogP contribution >= 0.6 is 11.3 Å². The summed E-state index contributed by atoms with van der Waals surface area (Å²) >= 11 is 1.72. The topological polar surface area (TPSA) is 60.2 Å². The molecule has 0 radical (unpaired) electrons. The van der Waals surface area contributed by atoms with E-state index in [2.05, 4.69) is 74.7 Å². The molecule has 1 unspecified atom stereocenters. The van der Waals surface area contributed by atoms with Crippen molar-refractivity contribution in [2.45, 2.75) is 53.4 Å². The minimum atomic E-state index is 0.360. The first-order valence-electron chi connectivity index (χ1n) is 9.88. The second kappa shape index (κ2) is 12.7. The Bertz CT molecular complexity index is 674. The minimum absolute atomic E-state index is 0.360. The Kier molecular flexibility index (Phi) is 11.0. The fourth-order valence-corrected chi connectivity index (χ4v) is 4.22. The molecule has 1 aromatic heterocycles. The summed E-state index contributed by atoms with van der Waals surface area (Å²) in [4.78, 5) is 10.6. The van der Waals surface area contributed by atoms with E-state index in [1.807, 2.05) is 5.51 Å². The number of nitrogens with one attached hydrogen (secondary N) is 1. The second-order valence-electron chi connectivity index (χ2n) is 8.28. The number of aryl methyl sites for hydroxylation is 1. The van der Waals surface area contributed by atoms with E-state index in [0.29, 0.717) is 11.3 Å². The molecule has 0 aliphatic carbocycles. The minimum Gasteiger partial charge on any atom is -0.405 e. The first-order chi connectivity index (χ1) is 13.3. The SMILES string of the molecule is C=CN.CONCCCC(Cc1ccc(-c2scnc2C)cc1)CC(C)(C)C. The van der Waals surface area contributed by atoms with E-state index in [0.717, 1.165) is 25.1 Å². The maximum Gasteiger partial charge on any atom is 0.0801 e. The summed E-state index contributed by atoms with van der Waals surface area (Å²) in [5.41, 5.74) is 13.7. The van der Waals surface area contributed by atoms with Crippen molar-refractivity contribution < 1.29 is 4.84 Å². The molecule has 5 heteroatoms. The van der Waals surface area contributed by atoms with Gasteiger partial charge in [-0.1, -0.05) is 51.6 Å². The van der Waals surface area contributed by atoms with Gasteiger partial charge in [0.15, 0.2) is 0 Å². The zero-order valence-electron chi connectivity index (χ0n) is 18.1. The van der Waals surface area contributed by atoms with Gasteiger partial charge in [0.1, 0.15) is 0 Å². The fourth-order valence-electron chi connectivity index (χ4n) is 3.41. The maximum absolute atomic E-state index is 4.95. The molecule has 0 aliphatic heterocycles. The fraction of sp³-hybridized carbons (Fsp3) is 0.522. The summed E-state index contributed by atoms with van der Waals surface area (Å²) < 4.78 is 0. The first-order valence-corrected chi connectivity index (χ1v) is 10.8. The van der Waals surface area contributed by atoms with Crippen LogP contribution in [-0.4, -0.2) is 18.6 Å². The van der Waals surface area contributed by atoms with Crippen LogP contribution in [-0.2, 0) is 11.3 Å². The molecule has 156 valence electrons. The molecular weight excluding hydrogens is 366 g/mol. The number of rotatable bonds is 9. The zero-order valence-corrected chi connectivity index (χ0v) is 18.9. The summed E-state index contributed by atoms with van der Waals surface area (Å²) in [5, 5.41) is 0. The van der Waals surface area contributed by atoms with Crippen LogP contribution in [0.3, 0.4) is 0 Å². The summed E-state index contributed by atoms with van der Waals surface area (Å²) in [7, 11) is 1.68. The van der Waals surface area contributed by atoms with Crippen molar-refractivity contribution in [3.63, 3.8) is 0 Å². The molecular formula is C23H37N3OS. The molecule has 0 fully saturated rings. The highest BCUT2D eigenvalue weighted by molar-refractivity contribution is 7.13. The number of thiazole rings is 1. The third-order valence-corrected chi connectivity index (χ3v) is 5.40. The summed E-state index contributed by atoms with van der Waals surface area (Å²) in [6.07, 6.45) is 6.01. The van der Waals surface area contributed by atoms with Crippen LogP contribution in [0.1, 0.15) is 51.3 Å². The van der Waals surface area contributed by atoms with Gasteiger partial charge in [-0.15, -0.1) is 11.3 Å². The lowest BCUT2D eigenvalue weighted by Gasteiger charge is -2.26. The number of nitrogens with zero attached hydrogens (tertiary/aromatic N) is 1. The Labute approximate surface area is 175 Å². The van der Waals surface area contributed by atoms with Gasteiger partial charge in [0.2, 0.25) is 0 Å². The van der Waals surface area contributed by atoms with Gasteiger partial charge in [0.25, 0.3) is 0 Å². The van der Waals surface area contributed by atoms with Gasteiger partial charge in [-0.2, -0.15) is 0 Å². The van der Waals surface area contributed by atoms with Gasteiger partial charge in [0, 0.05) is 6.54 Å². The van der Waals surface area contributed by atoms with Gasteiger partial charge in [-0.25, -0.2) is 10.5 Å². The molecule has 0 bridgehead atoms. The van der Waals surface area contributed by atoms with Crippen LogP contribution in [0.25, 0.3) is 10.4 Å². The van der Waals surface area contributed by atoms with Crippen LogP contribution in [0.15, 0.2) is 42.6 Å². The predicted octanol–water partition coefficient (Wildman–Crippen LogP) is 5.73. The van der Waals surface area contributed by atoms with E-state index in [1.54, 1.807) is 18.4 Å². The highest BCUT2D eigenvalue weighted by atomic mass is 32.1. The van der Waals surface area contributed by atoms with Crippen LogP contribution in [0.2, 0.25) is 0 Å². The molecule has 0 saturated heterocycles. The van der Waals surface area contributed by atoms with Crippen LogP contribution < -0.4 is 11.2 Å². The van der Waals surface area contributed by atoms with Crippen molar-refractivity contribution in [2.75, 3.05) is 13.7 Å². The normalized spacial score (nSPS) is 12.2. The number of hydroxylamine groups is 1. The Hall–Kier alpha value is -1.69. The Morgan fingerprint density at radius 3 is 2.43 bits per heavy atom. The highest BCUT2D eigenvalue weighted by Crippen LogP contribution is 2.31. The average Bonchev–Trinajstić information content (AvgIpc) is 3.05. The van der Waals surface area contributed by atoms with Crippen molar-refractivity contribution in [1.82, 2.24) is 10.5 Å². The van der Waals surface area contributed by atoms with Crippen molar-refractivity contribution in [3.8, 4) is 10.4 Å². The number of nitrogens with two attached hydrogens (primary N) is 1. The van der Waals surface area contributed by atoms with E-state index in [-0.39, 0.29) is 0 Å². The summed E-state index contributed by atoms with van der Waals surface area (Å²) in [6.45, 7) is 13.1. The van der Waals surface area contributed by atoms with Crippen LogP contribution in [0.4, 0.5) is 0 Å². The lowest BCUT2D eigenvalue weighted by molar-refractivity contribution is 0.0889. The summed E-state index contributed by atoms with van der Waals surface area (Å²) in [5.74, 6) is 0.703. The lowest BCUT2D eigenvalue weighted by atomic mass is 9.80. The molecule has 1 aromatic carbocycles. The highest BCUT2D eigenvalue weighted by Gasteiger charge is 2.19. The molecule has 3 N–H and O–H groups in total. The second-order valence-corrected chi connectivity index (χ2v) is 9.13. The quantitative estimate of drug-likeness (QED) is 0.414. The van der Waals surface area contributed by atoms with Crippen LogP contribution in [0, 0.1) is 18.3 Å². The standard InChI is InChI=1S/C21H32N2OS.C2H5N/c1-16-20(25-15-22-16)19-10-8-17(9-11-19)13-18(14-21(2,3)4)7-6-12-23-24-5;1-2-3/h8-11,15,18,23H,6-7,12-14H2,1-5H3;2H,1,3H2. The van der Waals surface area contributed by atoms with Crippen molar-refractivity contribution in [3.05, 3.63) is 53.8 Å². The van der Waals surface area contributed by atoms with Gasteiger partial charge < -0.3 is 10.6 Å². The van der Waals surface area contributed by atoms with E-state index >= 15 is 0 Å². The molecule has 1 atom stereocenters. The number of hydrogen-bond acceptors (Lipinski definition) is 5. The van der Waals surface area contributed by atoms with Gasteiger partial charge in [-0.05, 0) is 61.3 Å². The average molecular weight is 404 g/mol. The van der Waals surface area contributed by atoms with Crippen molar-refractivity contribution in [1.29, 1.82) is 0 Å². The van der Waals surface area contributed by atoms with Gasteiger partial charge in [-0.3, -0.25) is 0 Å². The van der Waals surface area contributed by atoms with Crippen molar-refractivity contribution in [2.24, 2.45) is 17.1 Å². The maximum atomic E-state index is 4.95. The third-order valence-electron chi connectivity index (χ3n) is 4.42. The number of hydrogen-bond donors (Lipinski definition) is 2. The zero-order chi connectivity index (χ0) is 21.0. The number of aromatic nitrogens is 1. The monoisotopic (exact) mass is 403 g/mol. The lowest BCUT2D eigenvalue weighted by Crippen LogP contribution is -2.18. The molecule has 2 aromatic rings. The van der Waals surface area contributed by atoms with E-state index in [9.17, 15) is 0 Å². The van der Waals surface area contributed by atoms with Crippen LogP contribution in [0.5, 0.6) is 0 Å². The Morgan fingerprint density at radius 1 is 1.29 bits per heavy atom. The van der Waals surface area contributed by atoms with E-state index in [4.69, 9.17) is 4.84 Å². The van der Waals surface area contributed by atoms with Gasteiger partial charge >= 0.3 is 0 Å². The predicted molar refractivity (Wildman–Crippen MR) is 122 cm³/mol. The molecule has 28 heavy (non-hydrogen) atoms. The molecule has 2 rings (SSSR count). The first kappa shape index (κ1) is 24.3. The Morgan fingerprint density at radius 2 is 1.93 bits per heavy atom. The summed E-state index contributed by atoms with van der Waals surface area (Å²) in [6, 6.07) is 9.07. The molecule has 0 saturated carbocycles. The molecule has 0 spiro atoms. The third kappa shape index (κ3) is 9.49. The largest absolute Gasteiger partial charge is 0.405 e. The molecule has 0 aliphatic rings. The molecule has 4 nitrogen and oxygen atoms in total. The molecule has 0 amide bonds. The Balaban J connectivity index is 0.00000122. The van der Waals surface area contributed by atoms with E-state index < -0.39 is 0 Å². The van der Waals surface area contributed by atoms with E-state index in [1.165, 1.54) is 35.0 Å². The molecule has 1 heterocycles. The van der Waals surface area contributed by atoms with Crippen molar-refractivity contribution >= 4 is 11.3 Å². The van der Waals surface area contributed by atoms with Gasteiger partial charge in [0.05, 0.1) is 23.2 Å². The number of benzene rings is 1.